The number of carbonyl (C=O) groups excluding carboxylic acids is 1. The van der Waals surface area contributed by atoms with Gasteiger partial charge in [0.15, 0.2) is 0 Å². The summed E-state index contributed by atoms with van der Waals surface area (Å²) in [5.74, 6) is 1.40. The molecule has 0 aromatic heterocycles. The number of allylic oxidation sites excluding steroid dienone is 1. The van der Waals surface area contributed by atoms with Crippen LogP contribution in [0.4, 0.5) is 4.79 Å². The number of alkyl halides is 1. The molecule has 200 valence electrons. The lowest BCUT2D eigenvalue weighted by Gasteiger charge is -2.18. The fourth-order valence-corrected chi connectivity index (χ4v) is 4.42. The van der Waals surface area contributed by atoms with Crippen molar-refractivity contribution in [1.29, 1.82) is 0 Å². The molecule has 4 aromatic rings. The van der Waals surface area contributed by atoms with Crippen molar-refractivity contribution in [1.82, 2.24) is 4.90 Å². The van der Waals surface area contributed by atoms with Gasteiger partial charge in [-0.25, -0.2) is 4.79 Å². The number of halogens is 1. The van der Waals surface area contributed by atoms with Gasteiger partial charge in [-0.05, 0) is 64.1 Å². The first kappa shape index (κ1) is 27.8. The highest BCUT2D eigenvalue weighted by atomic mass is 35.5. The highest BCUT2D eigenvalue weighted by molar-refractivity contribution is 6.18. The molecule has 1 N–H and O–H groups in total. The fourth-order valence-electron chi connectivity index (χ4n) is 4.23. The Balaban J connectivity index is 1.45. The second kappa shape index (κ2) is 14.1. The van der Waals surface area contributed by atoms with Crippen molar-refractivity contribution in [2.75, 3.05) is 26.1 Å². The minimum atomic E-state index is -0.394. The number of phenols is 1. The van der Waals surface area contributed by atoms with E-state index in [-0.39, 0.29) is 12.4 Å². The van der Waals surface area contributed by atoms with Gasteiger partial charge in [-0.15, -0.1) is 11.6 Å². The van der Waals surface area contributed by atoms with Gasteiger partial charge in [-0.2, -0.15) is 0 Å². The lowest BCUT2D eigenvalue weighted by Crippen LogP contribution is -2.31. The van der Waals surface area contributed by atoms with Crippen molar-refractivity contribution in [2.24, 2.45) is 0 Å². The van der Waals surface area contributed by atoms with E-state index in [9.17, 15) is 9.90 Å². The minimum absolute atomic E-state index is 0.217. The number of likely N-dealkylation sites (N-methyl/N-ethyl adjacent to an activating group) is 1. The second-order valence-electron chi connectivity index (χ2n) is 9.04. The Labute approximate surface area is 234 Å². The van der Waals surface area contributed by atoms with E-state index in [2.05, 4.69) is 12.1 Å². The molecule has 6 heteroatoms. The van der Waals surface area contributed by atoms with E-state index in [4.69, 9.17) is 21.1 Å². The molecule has 4 rings (SSSR count). The molecule has 0 fully saturated rings. The molecule has 0 spiro atoms. The van der Waals surface area contributed by atoms with Gasteiger partial charge in [0.2, 0.25) is 0 Å². The zero-order valence-electron chi connectivity index (χ0n) is 21.9. The van der Waals surface area contributed by atoms with Gasteiger partial charge in [-0.3, -0.25) is 0 Å². The van der Waals surface area contributed by atoms with Crippen molar-refractivity contribution in [2.45, 2.75) is 13.0 Å². The molecule has 0 atom stereocenters. The van der Waals surface area contributed by atoms with Crippen LogP contribution in [0.1, 0.15) is 28.7 Å². The van der Waals surface area contributed by atoms with Crippen molar-refractivity contribution < 1.29 is 19.4 Å². The highest BCUT2D eigenvalue weighted by Crippen LogP contribution is 2.36. The molecule has 0 bridgehead atoms. The number of aromatic hydroxyl groups is 1. The van der Waals surface area contributed by atoms with E-state index < -0.39 is 6.09 Å². The quantitative estimate of drug-likeness (QED) is 0.157. The van der Waals surface area contributed by atoms with Gasteiger partial charge >= 0.3 is 6.09 Å². The molecule has 0 saturated heterocycles. The van der Waals surface area contributed by atoms with Crippen LogP contribution >= 0.6 is 11.6 Å². The lowest BCUT2D eigenvalue weighted by molar-refractivity contribution is 0.0994. The first-order valence-electron chi connectivity index (χ1n) is 12.8. The summed E-state index contributed by atoms with van der Waals surface area (Å²) in [5.41, 5.74) is 6.22. The molecule has 0 aliphatic rings. The predicted octanol–water partition coefficient (Wildman–Crippen LogP) is 7.63. The van der Waals surface area contributed by atoms with Gasteiger partial charge in [0.1, 0.15) is 24.7 Å². The van der Waals surface area contributed by atoms with E-state index in [0.717, 1.165) is 33.4 Å². The first-order chi connectivity index (χ1) is 19.0. The zero-order chi connectivity index (χ0) is 27.5. The van der Waals surface area contributed by atoms with Crippen LogP contribution in [0.25, 0.3) is 11.1 Å². The molecule has 1 amide bonds. The number of ether oxygens (including phenoxy) is 2. The van der Waals surface area contributed by atoms with Crippen molar-refractivity contribution >= 4 is 28.8 Å². The van der Waals surface area contributed by atoms with Crippen LogP contribution in [0.15, 0.2) is 109 Å². The average molecular weight is 542 g/mol. The Morgan fingerprint density at radius 1 is 0.795 bits per heavy atom. The number of rotatable bonds is 11. The van der Waals surface area contributed by atoms with E-state index in [1.54, 1.807) is 19.2 Å². The third kappa shape index (κ3) is 7.88. The number of nitrogens with zero attached hydrogens (tertiary/aromatic N) is 1. The maximum Gasteiger partial charge on any atom is 0.409 e. The van der Waals surface area contributed by atoms with Gasteiger partial charge in [0.25, 0.3) is 0 Å². The van der Waals surface area contributed by atoms with E-state index in [1.165, 1.54) is 4.90 Å². The monoisotopic (exact) mass is 541 g/mol. The Morgan fingerprint density at radius 3 is 2.00 bits per heavy atom. The van der Waals surface area contributed by atoms with Gasteiger partial charge in [-0.1, -0.05) is 84.9 Å². The third-order valence-corrected chi connectivity index (χ3v) is 6.47. The van der Waals surface area contributed by atoms with E-state index in [1.807, 2.05) is 84.9 Å². The number of hydrogen-bond acceptors (Lipinski definition) is 4. The second-order valence-corrected chi connectivity index (χ2v) is 9.42. The summed E-state index contributed by atoms with van der Waals surface area (Å²) in [5, 5.41) is 9.86. The van der Waals surface area contributed by atoms with Crippen molar-refractivity contribution in [3.05, 3.63) is 131 Å². The SMILES string of the molecule is CN(CCOc1ccc(C(=C(CCCl)c2ccccc2)c2ccc(O)cc2)cc1)C(=O)OCc1ccccc1. The maximum absolute atomic E-state index is 12.3. The molecule has 0 aliphatic carbocycles. The standard InChI is InChI=1S/C33H32ClNO4/c1-35(33(37)39-24-25-8-4-2-5-9-25)22-23-38-30-18-14-28(15-19-30)32(27-12-16-29(36)17-13-27)31(20-21-34)26-10-6-3-7-11-26/h2-19,36H,20-24H2,1H3. The molecule has 4 aromatic carbocycles. The van der Waals surface area contributed by atoms with Crippen LogP contribution < -0.4 is 4.74 Å². The molecular formula is C33H32ClNO4. The molecule has 0 radical (unpaired) electrons. The molecule has 0 unspecified atom stereocenters. The third-order valence-electron chi connectivity index (χ3n) is 6.28. The minimum Gasteiger partial charge on any atom is -0.508 e. The molecule has 0 saturated carbocycles. The maximum atomic E-state index is 12.3. The Kier molecular flexibility index (Phi) is 10.0. The Hall–Kier alpha value is -4.22. The normalized spacial score (nSPS) is 11.4. The van der Waals surface area contributed by atoms with Gasteiger partial charge in [0.05, 0.1) is 6.54 Å². The highest BCUT2D eigenvalue weighted by Gasteiger charge is 2.15. The summed E-state index contributed by atoms with van der Waals surface area (Å²) in [6.45, 7) is 0.957. The first-order valence-corrected chi connectivity index (χ1v) is 13.4. The van der Waals surface area contributed by atoms with Crippen LogP contribution in [0.3, 0.4) is 0 Å². The van der Waals surface area contributed by atoms with Crippen molar-refractivity contribution in [3.8, 4) is 11.5 Å². The van der Waals surface area contributed by atoms with Crippen LogP contribution in [-0.4, -0.2) is 42.2 Å². The molecule has 5 nitrogen and oxygen atoms in total. The topological polar surface area (TPSA) is 59.0 Å². The van der Waals surface area contributed by atoms with Crippen LogP contribution in [-0.2, 0) is 11.3 Å². The van der Waals surface area contributed by atoms with Crippen molar-refractivity contribution in [3.63, 3.8) is 0 Å². The molecule has 0 aliphatic heterocycles. The Morgan fingerprint density at radius 2 is 1.38 bits per heavy atom. The van der Waals surface area contributed by atoms with Crippen LogP contribution in [0.5, 0.6) is 11.5 Å². The number of phenolic OH excluding ortho intramolecular Hbond substituents is 1. The number of carbonyl (C=O) groups is 1. The van der Waals surface area contributed by atoms with Crippen LogP contribution in [0, 0.1) is 0 Å². The number of amides is 1. The summed E-state index contributed by atoms with van der Waals surface area (Å²) in [7, 11) is 1.69. The summed E-state index contributed by atoms with van der Waals surface area (Å²) >= 11 is 6.24. The van der Waals surface area contributed by atoms with E-state index >= 15 is 0 Å². The fraction of sp³-hybridized carbons (Fsp3) is 0.182. The van der Waals surface area contributed by atoms with Gasteiger partial charge in [0, 0.05) is 12.9 Å². The summed E-state index contributed by atoms with van der Waals surface area (Å²) < 4.78 is 11.3. The molecule has 39 heavy (non-hydrogen) atoms. The zero-order valence-corrected chi connectivity index (χ0v) is 22.7. The van der Waals surface area contributed by atoms with E-state index in [0.29, 0.717) is 31.2 Å². The molecular weight excluding hydrogens is 510 g/mol. The summed E-state index contributed by atoms with van der Waals surface area (Å²) in [6.07, 6.45) is 0.293. The summed E-state index contributed by atoms with van der Waals surface area (Å²) in [4.78, 5) is 13.8. The average Bonchev–Trinajstić information content (AvgIpc) is 2.98. The predicted molar refractivity (Wildman–Crippen MR) is 157 cm³/mol. The lowest BCUT2D eigenvalue weighted by atomic mass is 9.88. The number of hydrogen-bond donors (Lipinski definition) is 1. The smallest absolute Gasteiger partial charge is 0.409 e. The summed E-state index contributed by atoms with van der Waals surface area (Å²) in [6, 6.07) is 34.9. The number of benzene rings is 4. The Bertz CT molecular complexity index is 1350. The largest absolute Gasteiger partial charge is 0.508 e. The van der Waals surface area contributed by atoms with Gasteiger partial charge < -0.3 is 19.5 Å². The molecule has 0 heterocycles. The van der Waals surface area contributed by atoms with Crippen LogP contribution in [0.2, 0.25) is 0 Å².